The van der Waals surface area contributed by atoms with Crippen LogP contribution in [0.15, 0.2) is 18.2 Å². The van der Waals surface area contributed by atoms with Crippen molar-refractivity contribution < 1.29 is 10.0 Å². The van der Waals surface area contributed by atoms with Crippen LogP contribution in [0.5, 0.6) is 0 Å². The number of nitro groups is 1. The van der Waals surface area contributed by atoms with Gasteiger partial charge in [-0.2, -0.15) is 0 Å². The number of nitrogens with one attached hydrogen (secondary N) is 1. The van der Waals surface area contributed by atoms with Gasteiger partial charge in [0, 0.05) is 31.7 Å². The topological polar surface area (TPSA) is 78.6 Å². The summed E-state index contributed by atoms with van der Waals surface area (Å²) in [6.45, 7) is 7.81. The van der Waals surface area contributed by atoms with Crippen LogP contribution in [0.2, 0.25) is 0 Å². The normalized spacial score (nSPS) is 11.1. The van der Waals surface area contributed by atoms with Crippen LogP contribution in [-0.4, -0.2) is 40.7 Å². The summed E-state index contributed by atoms with van der Waals surface area (Å²) in [5.41, 5.74) is 1.55. The van der Waals surface area contributed by atoms with E-state index < -0.39 is 0 Å². The molecule has 20 heavy (non-hydrogen) atoms. The van der Waals surface area contributed by atoms with E-state index in [1.807, 2.05) is 26.8 Å². The van der Waals surface area contributed by atoms with E-state index in [4.69, 9.17) is 5.11 Å². The van der Waals surface area contributed by atoms with Crippen molar-refractivity contribution in [1.82, 2.24) is 4.90 Å². The summed E-state index contributed by atoms with van der Waals surface area (Å²) in [5, 5.41) is 23.3. The highest BCUT2D eigenvalue weighted by Crippen LogP contribution is 2.29. The summed E-state index contributed by atoms with van der Waals surface area (Å²) < 4.78 is 0. The van der Waals surface area contributed by atoms with Crippen molar-refractivity contribution >= 4 is 11.4 Å². The Morgan fingerprint density at radius 2 is 2.15 bits per heavy atom. The Bertz CT molecular complexity index is 449. The molecule has 6 nitrogen and oxygen atoms in total. The van der Waals surface area contributed by atoms with E-state index in [0.29, 0.717) is 25.3 Å². The van der Waals surface area contributed by atoms with E-state index in [9.17, 15) is 10.1 Å². The largest absolute Gasteiger partial charge is 0.395 e. The average Bonchev–Trinajstić information content (AvgIpc) is 2.39. The molecule has 0 unspecified atom stereocenters. The van der Waals surface area contributed by atoms with Crippen molar-refractivity contribution in [2.75, 3.05) is 25.0 Å². The molecular weight excluding hydrogens is 258 g/mol. The molecule has 0 saturated heterocycles. The second kappa shape index (κ2) is 7.81. The van der Waals surface area contributed by atoms with Gasteiger partial charge >= 0.3 is 0 Å². The predicted octanol–water partition coefficient (Wildman–Crippen LogP) is 2.23. The fourth-order valence-electron chi connectivity index (χ4n) is 2.12. The smallest absolute Gasteiger partial charge is 0.292 e. The summed E-state index contributed by atoms with van der Waals surface area (Å²) in [5.74, 6) is 0. The van der Waals surface area contributed by atoms with E-state index in [1.54, 1.807) is 6.07 Å². The molecule has 0 bridgehead atoms. The number of nitro benzene ring substituents is 1. The van der Waals surface area contributed by atoms with E-state index >= 15 is 0 Å². The lowest BCUT2D eigenvalue weighted by Crippen LogP contribution is -2.33. The number of hydrogen-bond acceptors (Lipinski definition) is 5. The van der Waals surface area contributed by atoms with Gasteiger partial charge in [0.1, 0.15) is 5.69 Å². The van der Waals surface area contributed by atoms with E-state index in [0.717, 1.165) is 5.56 Å². The van der Waals surface area contributed by atoms with Gasteiger partial charge in [-0.05, 0) is 26.3 Å². The molecular formula is C14H23N3O3. The van der Waals surface area contributed by atoms with Crippen molar-refractivity contribution in [2.45, 2.75) is 33.4 Å². The maximum Gasteiger partial charge on any atom is 0.292 e. The summed E-state index contributed by atoms with van der Waals surface area (Å²) in [6.07, 6.45) is 0. The highest BCUT2D eigenvalue weighted by atomic mass is 16.6. The predicted molar refractivity (Wildman–Crippen MR) is 79.9 cm³/mol. The maximum atomic E-state index is 11.1. The van der Waals surface area contributed by atoms with Gasteiger partial charge in [-0.25, -0.2) is 0 Å². The molecule has 0 fully saturated rings. The van der Waals surface area contributed by atoms with Gasteiger partial charge in [-0.3, -0.25) is 15.0 Å². The first-order valence-corrected chi connectivity index (χ1v) is 6.86. The monoisotopic (exact) mass is 281 g/mol. The molecule has 0 aromatic heterocycles. The van der Waals surface area contributed by atoms with Gasteiger partial charge in [0.15, 0.2) is 0 Å². The molecule has 1 aromatic rings. The van der Waals surface area contributed by atoms with E-state index in [1.165, 1.54) is 6.07 Å². The minimum Gasteiger partial charge on any atom is -0.395 e. The first-order valence-electron chi connectivity index (χ1n) is 6.86. The second-order valence-corrected chi connectivity index (χ2v) is 4.89. The molecule has 0 aliphatic rings. The highest BCUT2D eigenvalue weighted by Gasteiger charge is 2.19. The molecule has 0 heterocycles. The second-order valence-electron chi connectivity index (χ2n) is 4.89. The minimum atomic E-state index is -0.368. The number of hydrogen-bond donors (Lipinski definition) is 2. The Morgan fingerprint density at radius 1 is 1.45 bits per heavy atom. The number of rotatable bonds is 8. The lowest BCUT2D eigenvalue weighted by Gasteiger charge is -2.26. The molecule has 0 atom stereocenters. The molecule has 0 aliphatic heterocycles. The third-order valence-electron chi connectivity index (χ3n) is 3.17. The summed E-state index contributed by atoms with van der Waals surface area (Å²) in [4.78, 5) is 12.8. The lowest BCUT2D eigenvalue weighted by atomic mass is 10.1. The van der Waals surface area contributed by atoms with Crippen molar-refractivity contribution in [3.8, 4) is 0 Å². The summed E-state index contributed by atoms with van der Waals surface area (Å²) in [6, 6.07) is 5.35. The summed E-state index contributed by atoms with van der Waals surface area (Å²) in [7, 11) is 0. The average molecular weight is 281 g/mol. The van der Waals surface area contributed by atoms with Crippen molar-refractivity contribution in [1.29, 1.82) is 0 Å². The third kappa shape index (κ3) is 4.18. The zero-order valence-corrected chi connectivity index (χ0v) is 12.3. The fraction of sp³-hybridized carbons (Fsp3) is 0.571. The third-order valence-corrected chi connectivity index (χ3v) is 3.17. The fourth-order valence-corrected chi connectivity index (χ4v) is 2.12. The molecule has 0 aliphatic carbocycles. The van der Waals surface area contributed by atoms with Crippen LogP contribution in [-0.2, 0) is 6.54 Å². The van der Waals surface area contributed by atoms with Crippen LogP contribution < -0.4 is 5.32 Å². The Morgan fingerprint density at radius 3 is 2.65 bits per heavy atom. The first-order chi connectivity index (χ1) is 9.51. The van der Waals surface area contributed by atoms with E-state index in [2.05, 4.69) is 10.2 Å². The number of anilines is 1. The lowest BCUT2D eigenvalue weighted by molar-refractivity contribution is -0.384. The molecule has 2 N–H and O–H groups in total. The molecule has 1 rings (SSSR count). The number of aliphatic hydroxyl groups excluding tert-OH is 1. The van der Waals surface area contributed by atoms with Crippen molar-refractivity contribution in [2.24, 2.45) is 0 Å². The number of para-hydroxylation sites is 1. The van der Waals surface area contributed by atoms with Crippen LogP contribution in [0.1, 0.15) is 26.3 Å². The molecule has 0 amide bonds. The summed E-state index contributed by atoms with van der Waals surface area (Å²) >= 11 is 0. The van der Waals surface area contributed by atoms with Crippen LogP contribution in [0.3, 0.4) is 0 Å². The molecule has 0 saturated carbocycles. The quantitative estimate of drug-likeness (QED) is 0.564. The Labute approximate surface area is 119 Å². The van der Waals surface area contributed by atoms with Gasteiger partial charge in [0.05, 0.1) is 11.5 Å². The van der Waals surface area contributed by atoms with Gasteiger partial charge in [0.2, 0.25) is 0 Å². The standard InChI is InChI=1S/C14H23N3O3/c1-4-15-14-12(6-5-7-13(14)17(19)20)10-16(8-9-18)11(2)3/h5-7,11,15,18H,4,8-10H2,1-3H3. The number of aliphatic hydroxyl groups is 1. The Kier molecular flexibility index (Phi) is 6.41. The zero-order chi connectivity index (χ0) is 15.1. The van der Waals surface area contributed by atoms with Crippen LogP contribution >= 0.6 is 0 Å². The van der Waals surface area contributed by atoms with Gasteiger partial charge in [-0.15, -0.1) is 0 Å². The van der Waals surface area contributed by atoms with Crippen molar-refractivity contribution in [3.63, 3.8) is 0 Å². The van der Waals surface area contributed by atoms with Crippen LogP contribution in [0.25, 0.3) is 0 Å². The van der Waals surface area contributed by atoms with Crippen LogP contribution in [0.4, 0.5) is 11.4 Å². The maximum absolute atomic E-state index is 11.1. The Balaban J connectivity index is 3.09. The number of nitrogens with zero attached hydrogens (tertiary/aromatic N) is 2. The molecule has 0 spiro atoms. The molecule has 0 radical (unpaired) electrons. The van der Waals surface area contributed by atoms with Crippen molar-refractivity contribution in [3.05, 3.63) is 33.9 Å². The first kappa shape index (κ1) is 16.4. The molecule has 6 heteroatoms. The van der Waals surface area contributed by atoms with E-state index in [-0.39, 0.29) is 23.3 Å². The number of benzene rings is 1. The van der Waals surface area contributed by atoms with Gasteiger partial charge < -0.3 is 10.4 Å². The highest BCUT2D eigenvalue weighted by molar-refractivity contribution is 5.66. The molecule has 1 aromatic carbocycles. The van der Waals surface area contributed by atoms with Gasteiger partial charge in [0.25, 0.3) is 5.69 Å². The van der Waals surface area contributed by atoms with Gasteiger partial charge in [-0.1, -0.05) is 12.1 Å². The minimum absolute atomic E-state index is 0.0731. The zero-order valence-electron chi connectivity index (χ0n) is 12.3. The Hall–Kier alpha value is -1.66. The van der Waals surface area contributed by atoms with Crippen LogP contribution in [0, 0.1) is 10.1 Å². The SMILES string of the molecule is CCNc1c(CN(CCO)C(C)C)cccc1[N+](=O)[O-]. The molecule has 112 valence electrons.